The second-order valence-corrected chi connectivity index (χ2v) is 6.96. The maximum atomic E-state index is 11.2. The molecule has 5 nitrogen and oxygen atoms in total. The first-order valence-corrected chi connectivity index (χ1v) is 11.0. The lowest BCUT2D eigenvalue weighted by molar-refractivity contribution is -0.123. The van der Waals surface area contributed by atoms with Crippen LogP contribution in [0.1, 0.15) is 100 Å². The lowest BCUT2D eigenvalue weighted by atomic mass is 9.85. The molecule has 1 aliphatic rings. The number of hydrogen-bond acceptors (Lipinski definition) is 4. The van der Waals surface area contributed by atoms with Crippen molar-refractivity contribution in [1.82, 2.24) is 0 Å². The van der Waals surface area contributed by atoms with Crippen LogP contribution in [0.3, 0.4) is 0 Å². The molecule has 1 rings (SSSR count). The smallest absolute Gasteiger partial charge is 0.217 e. The summed E-state index contributed by atoms with van der Waals surface area (Å²) in [6.07, 6.45) is 10.4. The molecule has 0 radical (unpaired) electrons. The maximum absolute atomic E-state index is 11.2. The first kappa shape index (κ1) is 28.3. The third-order valence-corrected chi connectivity index (χ3v) is 4.26. The third-order valence-electron chi connectivity index (χ3n) is 4.26. The van der Waals surface area contributed by atoms with Crippen molar-refractivity contribution in [2.45, 2.75) is 105 Å². The largest absolute Gasteiger partial charge is 0.381 e. The highest BCUT2D eigenvalue weighted by atomic mass is 16.5. The number of hydrogen-bond donors (Lipinski definition) is 1. The lowest BCUT2D eigenvalue weighted by Crippen LogP contribution is -2.16. The Balaban J connectivity index is -0.000000418. The fourth-order valence-corrected chi connectivity index (χ4v) is 2.79. The number of carbonyl (C=O) groups excluding carboxylic acids is 2. The molecule has 1 fully saturated rings. The van der Waals surface area contributed by atoms with Crippen LogP contribution in [-0.2, 0) is 19.1 Å². The normalized spacial score (nSPS) is 14.0. The molecule has 0 unspecified atom stereocenters. The predicted molar refractivity (Wildman–Crippen MR) is 115 cm³/mol. The summed E-state index contributed by atoms with van der Waals surface area (Å²) in [5.41, 5.74) is 4.99. The van der Waals surface area contributed by atoms with Gasteiger partial charge in [0.05, 0.1) is 6.10 Å². The lowest BCUT2D eigenvalue weighted by Gasteiger charge is -2.19. The van der Waals surface area contributed by atoms with Crippen molar-refractivity contribution in [2.24, 2.45) is 11.7 Å². The number of ether oxygens (including phenoxy) is 2. The zero-order valence-electron chi connectivity index (χ0n) is 18.6. The summed E-state index contributed by atoms with van der Waals surface area (Å²) in [6.45, 7) is 12.2. The maximum Gasteiger partial charge on any atom is 0.217 e. The minimum atomic E-state index is -0.260. The molecule has 0 bridgehead atoms. The summed E-state index contributed by atoms with van der Waals surface area (Å²) in [5, 5.41) is 0. The number of unbranched alkanes of at least 4 members (excludes halogenated alkanes) is 1. The van der Waals surface area contributed by atoms with E-state index < -0.39 is 0 Å². The van der Waals surface area contributed by atoms with Gasteiger partial charge in [0.1, 0.15) is 5.78 Å². The van der Waals surface area contributed by atoms with E-state index in [9.17, 15) is 9.59 Å². The minimum absolute atomic E-state index is 0. The minimum Gasteiger partial charge on any atom is -0.381 e. The summed E-state index contributed by atoms with van der Waals surface area (Å²) in [5.74, 6) is 0.655. The van der Waals surface area contributed by atoms with Crippen molar-refractivity contribution in [3.8, 4) is 0 Å². The van der Waals surface area contributed by atoms with Crippen LogP contribution in [-0.4, -0.2) is 37.6 Å². The molecular formula is C22H47NO4. The molecule has 27 heavy (non-hydrogen) atoms. The van der Waals surface area contributed by atoms with Gasteiger partial charge >= 0.3 is 0 Å². The van der Waals surface area contributed by atoms with E-state index in [0.717, 1.165) is 51.7 Å². The third kappa shape index (κ3) is 21.2. The van der Waals surface area contributed by atoms with Gasteiger partial charge in [-0.05, 0) is 46.0 Å². The molecule has 0 aromatic rings. The van der Waals surface area contributed by atoms with Crippen LogP contribution >= 0.6 is 0 Å². The average Bonchev–Trinajstić information content (AvgIpc) is 2.68. The molecule has 0 atom stereocenters. The number of Topliss-reactive ketones (excluding diaryl/α,β-unsaturated/α-hetero) is 1. The second-order valence-electron chi connectivity index (χ2n) is 6.96. The highest BCUT2D eigenvalue weighted by Crippen LogP contribution is 2.24. The fourth-order valence-electron chi connectivity index (χ4n) is 2.79. The molecule has 0 aliphatic heterocycles. The van der Waals surface area contributed by atoms with Crippen LogP contribution < -0.4 is 5.73 Å². The number of carbonyl (C=O) groups is 2. The Morgan fingerprint density at radius 2 is 1.56 bits per heavy atom. The van der Waals surface area contributed by atoms with E-state index in [0.29, 0.717) is 30.8 Å². The summed E-state index contributed by atoms with van der Waals surface area (Å²) in [4.78, 5) is 21.6. The number of ketones is 1. The van der Waals surface area contributed by atoms with Gasteiger partial charge in [-0.1, -0.05) is 40.0 Å². The van der Waals surface area contributed by atoms with Crippen LogP contribution in [0.2, 0.25) is 0 Å². The molecule has 0 aromatic carbocycles. The number of amides is 1. The molecular weight excluding hydrogens is 342 g/mol. The fraction of sp³-hybridized carbons (Fsp3) is 0.909. The molecule has 1 amide bonds. The molecule has 1 saturated carbocycles. The second kappa shape index (κ2) is 21.4. The quantitative estimate of drug-likeness (QED) is 0.460. The standard InChI is InChI=1S/C11H23NO3.C9H16O.C2H6.H2/c1-10(2)15-9-4-3-7-14-8-5-6-11(12)13;1-2-9(10)8-6-4-3-5-7-8;1-2;/h10H,3-9H2,1-2H3,(H2,12,13);8H,2-7H2,1H3;1-2H3;1H. The van der Waals surface area contributed by atoms with Gasteiger partial charge in [-0.15, -0.1) is 0 Å². The van der Waals surface area contributed by atoms with Crippen molar-refractivity contribution < 1.29 is 20.5 Å². The van der Waals surface area contributed by atoms with E-state index in [1.165, 1.54) is 19.3 Å². The Labute approximate surface area is 169 Å². The van der Waals surface area contributed by atoms with Gasteiger partial charge in [0.15, 0.2) is 0 Å². The SMILES string of the molecule is CC.CC(C)OCCCCOCCCC(N)=O.CCC(=O)C1CCCCC1.[HH]. The van der Waals surface area contributed by atoms with E-state index in [1.54, 1.807) is 0 Å². The van der Waals surface area contributed by atoms with Gasteiger partial charge in [-0.2, -0.15) is 0 Å². The van der Waals surface area contributed by atoms with Crippen molar-refractivity contribution in [3.05, 3.63) is 0 Å². The van der Waals surface area contributed by atoms with Crippen molar-refractivity contribution in [2.75, 3.05) is 19.8 Å². The molecule has 0 saturated heterocycles. The topological polar surface area (TPSA) is 78.6 Å². The number of primary amides is 1. The van der Waals surface area contributed by atoms with Gasteiger partial charge in [-0.25, -0.2) is 0 Å². The van der Waals surface area contributed by atoms with Crippen LogP contribution in [0.4, 0.5) is 0 Å². The van der Waals surface area contributed by atoms with Crippen LogP contribution in [0.5, 0.6) is 0 Å². The first-order valence-electron chi connectivity index (χ1n) is 11.0. The summed E-state index contributed by atoms with van der Waals surface area (Å²) in [6, 6.07) is 0. The summed E-state index contributed by atoms with van der Waals surface area (Å²) >= 11 is 0. The Morgan fingerprint density at radius 3 is 2.07 bits per heavy atom. The first-order chi connectivity index (χ1) is 13.0. The Kier molecular flexibility index (Phi) is 22.4. The summed E-state index contributed by atoms with van der Waals surface area (Å²) < 4.78 is 10.7. The van der Waals surface area contributed by atoms with Crippen LogP contribution in [0.25, 0.3) is 0 Å². The summed E-state index contributed by atoms with van der Waals surface area (Å²) in [7, 11) is 0. The van der Waals surface area contributed by atoms with Crippen LogP contribution in [0.15, 0.2) is 0 Å². The Bertz CT molecular complexity index is 345. The highest BCUT2D eigenvalue weighted by molar-refractivity contribution is 5.80. The number of nitrogens with two attached hydrogens (primary N) is 1. The monoisotopic (exact) mass is 389 g/mol. The Hall–Kier alpha value is -0.940. The van der Waals surface area contributed by atoms with Crippen LogP contribution in [0, 0.1) is 5.92 Å². The zero-order valence-corrected chi connectivity index (χ0v) is 18.6. The van der Waals surface area contributed by atoms with Gasteiger partial charge in [0.25, 0.3) is 0 Å². The molecule has 1 aliphatic carbocycles. The van der Waals surface area contributed by atoms with E-state index in [4.69, 9.17) is 15.2 Å². The molecule has 0 heterocycles. The van der Waals surface area contributed by atoms with E-state index in [1.807, 2.05) is 34.6 Å². The van der Waals surface area contributed by atoms with Gasteiger partial charge < -0.3 is 15.2 Å². The highest BCUT2D eigenvalue weighted by Gasteiger charge is 2.18. The van der Waals surface area contributed by atoms with Gasteiger partial charge in [-0.3, -0.25) is 9.59 Å². The van der Waals surface area contributed by atoms with Gasteiger partial charge in [0.2, 0.25) is 5.91 Å². The molecule has 2 N–H and O–H groups in total. The van der Waals surface area contributed by atoms with Crippen molar-refractivity contribution in [1.29, 1.82) is 0 Å². The predicted octanol–water partition coefficient (Wildman–Crippen LogP) is 5.29. The molecule has 0 spiro atoms. The molecule has 5 heteroatoms. The Morgan fingerprint density at radius 1 is 1.00 bits per heavy atom. The van der Waals surface area contributed by atoms with E-state index in [-0.39, 0.29) is 7.33 Å². The number of rotatable bonds is 12. The van der Waals surface area contributed by atoms with Crippen molar-refractivity contribution in [3.63, 3.8) is 0 Å². The van der Waals surface area contributed by atoms with Crippen molar-refractivity contribution >= 4 is 11.7 Å². The molecule has 164 valence electrons. The zero-order chi connectivity index (χ0) is 20.9. The van der Waals surface area contributed by atoms with Gasteiger partial charge in [0, 0.05) is 40.0 Å². The molecule has 0 aromatic heterocycles. The van der Waals surface area contributed by atoms with E-state index >= 15 is 0 Å². The van der Waals surface area contributed by atoms with E-state index in [2.05, 4.69) is 0 Å². The average molecular weight is 390 g/mol.